The first-order chi connectivity index (χ1) is 14.0. The van der Waals surface area contributed by atoms with E-state index >= 15 is 0 Å². The Morgan fingerprint density at radius 3 is 2.41 bits per heavy atom. The number of aromatic hydroxyl groups is 2. The third kappa shape index (κ3) is 4.77. The molecule has 0 aliphatic heterocycles. The maximum atomic E-state index is 13.1. The molecule has 1 amide bonds. The van der Waals surface area contributed by atoms with Crippen molar-refractivity contribution in [2.75, 3.05) is 5.32 Å². The van der Waals surface area contributed by atoms with Gasteiger partial charge in [0.05, 0.1) is 11.1 Å². The molecule has 3 N–H and O–H groups in total. The first-order valence-corrected chi connectivity index (χ1v) is 10.0. The van der Waals surface area contributed by atoms with Crippen molar-refractivity contribution in [2.24, 2.45) is 0 Å². The fourth-order valence-corrected chi connectivity index (χ4v) is 3.52. The van der Waals surface area contributed by atoms with E-state index in [1.54, 1.807) is 18.2 Å². The van der Waals surface area contributed by atoms with E-state index in [9.17, 15) is 15.0 Å². The lowest BCUT2D eigenvalue weighted by atomic mass is 9.92. The van der Waals surface area contributed by atoms with E-state index in [0.29, 0.717) is 23.2 Å². The molecule has 4 heteroatoms. The molecule has 29 heavy (non-hydrogen) atoms. The molecule has 3 rings (SSSR count). The average molecular weight is 389 g/mol. The summed E-state index contributed by atoms with van der Waals surface area (Å²) in [5.74, 6) is -0.583. The number of amides is 1. The molecule has 0 unspecified atom stereocenters. The van der Waals surface area contributed by atoms with Gasteiger partial charge in [0.1, 0.15) is 11.5 Å². The molecular weight excluding hydrogens is 362 g/mol. The van der Waals surface area contributed by atoms with Crippen LogP contribution in [0.25, 0.3) is 11.1 Å². The van der Waals surface area contributed by atoms with Crippen LogP contribution in [-0.2, 0) is 6.42 Å². The second-order valence-corrected chi connectivity index (χ2v) is 7.30. The molecule has 0 saturated carbocycles. The summed E-state index contributed by atoms with van der Waals surface area (Å²) in [7, 11) is 0. The highest BCUT2D eigenvalue weighted by molar-refractivity contribution is 6.09. The van der Waals surface area contributed by atoms with E-state index in [-0.39, 0.29) is 28.5 Å². The van der Waals surface area contributed by atoms with E-state index in [1.807, 2.05) is 49.4 Å². The number of phenolic OH excluding ortho intramolecular Hbond substituents is 2. The minimum Gasteiger partial charge on any atom is -0.507 e. The SMILES string of the molecule is CCCCCc1cc(O)c(-c2cccc(C)c2)c(O)c1C(=O)Nc1ccccc1. The fraction of sp³-hybridized carbons (Fsp3) is 0.240. The quantitative estimate of drug-likeness (QED) is 0.430. The van der Waals surface area contributed by atoms with Gasteiger partial charge in [-0.15, -0.1) is 0 Å². The molecule has 0 aliphatic carbocycles. The normalized spacial score (nSPS) is 10.7. The maximum Gasteiger partial charge on any atom is 0.259 e. The van der Waals surface area contributed by atoms with Gasteiger partial charge in [0.15, 0.2) is 0 Å². The predicted molar refractivity (Wildman–Crippen MR) is 118 cm³/mol. The Balaban J connectivity index is 2.09. The van der Waals surface area contributed by atoms with Gasteiger partial charge in [-0.3, -0.25) is 4.79 Å². The van der Waals surface area contributed by atoms with Crippen molar-refractivity contribution in [3.05, 3.63) is 77.4 Å². The summed E-state index contributed by atoms with van der Waals surface area (Å²) >= 11 is 0. The summed E-state index contributed by atoms with van der Waals surface area (Å²) in [5.41, 5.74) is 3.49. The Kier molecular flexibility index (Phi) is 6.55. The van der Waals surface area contributed by atoms with Crippen molar-refractivity contribution < 1.29 is 15.0 Å². The minimum atomic E-state index is -0.380. The highest BCUT2D eigenvalue weighted by Gasteiger charge is 2.23. The van der Waals surface area contributed by atoms with Crippen molar-refractivity contribution in [1.82, 2.24) is 0 Å². The van der Waals surface area contributed by atoms with Gasteiger partial charge >= 0.3 is 0 Å². The van der Waals surface area contributed by atoms with Crippen LogP contribution < -0.4 is 5.32 Å². The van der Waals surface area contributed by atoms with Crippen LogP contribution in [0.5, 0.6) is 11.5 Å². The highest BCUT2D eigenvalue weighted by atomic mass is 16.3. The smallest absolute Gasteiger partial charge is 0.259 e. The maximum absolute atomic E-state index is 13.1. The summed E-state index contributed by atoms with van der Waals surface area (Å²) in [6.45, 7) is 4.05. The number of phenols is 2. The second kappa shape index (κ2) is 9.28. The number of unbranched alkanes of at least 4 members (excludes halogenated alkanes) is 2. The van der Waals surface area contributed by atoms with Gasteiger partial charge in [-0.05, 0) is 49.1 Å². The van der Waals surface area contributed by atoms with Crippen molar-refractivity contribution in [1.29, 1.82) is 0 Å². The number of hydrogen-bond acceptors (Lipinski definition) is 3. The number of carbonyl (C=O) groups is 1. The number of para-hydroxylation sites is 1. The van der Waals surface area contributed by atoms with Crippen LogP contribution >= 0.6 is 0 Å². The molecule has 3 aromatic carbocycles. The number of anilines is 1. The van der Waals surface area contributed by atoms with Gasteiger partial charge in [-0.1, -0.05) is 67.8 Å². The number of rotatable bonds is 7. The van der Waals surface area contributed by atoms with Gasteiger partial charge in [0.2, 0.25) is 0 Å². The summed E-state index contributed by atoms with van der Waals surface area (Å²) in [4.78, 5) is 13.1. The molecule has 0 bridgehead atoms. The van der Waals surface area contributed by atoms with Gasteiger partial charge in [0, 0.05) is 5.69 Å². The standard InChI is InChI=1S/C25H27NO3/c1-3-4-6-11-19-16-21(27)22(18-12-9-10-17(2)15-18)24(28)23(19)25(29)26-20-13-7-5-8-14-20/h5,7-10,12-16,27-28H,3-4,6,11H2,1-2H3,(H,26,29). The van der Waals surface area contributed by atoms with E-state index < -0.39 is 0 Å². The molecule has 0 atom stereocenters. The van der Waals surface area contributed by atoms with Crippen LogP contribution in [-0.4, -0.2) is 16.1 Å². The number of hydrogen-bond donors (Lipinski definition) is 3. The van der Waals surface area contributed by atoms with E-state index in [4.69, 9.17) is 0 Å². The molecule has 0 radical (unpaired) electrons. The van der Waals surface area contributed by atoms with Gasteiger partial charge in [-0.2, -0.15) is 0 Å². The average Bonchev–Trinajstić information content (AvgIpc) is 2.69. The molecule has 0 spiro atoms. The molecular formula is C25H27NO3. The van der Waals surface area contributed by atoms with Crippen molar-refractivity contribution >= 4 is 11.6 Å². The third-order valence-electron chi connectivity index (χ3n) is 4.98. The Bertz CT molecular complexity index is 996. The van der Waals surface area contributed by atoms with Crippen LogP contribution in [0, 0.1) is 6.92 Å². The van der Waals surface area contributed by atoms with E-state index in [0.717, 1.165) is 24.8 Å². The Hall–Kier alpha value is -3.27. The van der Waals surface area contributed by atoms with Crippen molar-refractivity contribution in [2.45, 2.75) is 39.5 Å². The summed E-state index contributed by atoms with van der Waals surface area (Å²) in [5, 5.41) is 24.6. The van der Waals surface area contributed by atoms with E-state index in [1.165, 1.54) is 0 Å². The molecule has 0 aromatic heterocycles. The van der Waals surface area contributed by atoms with Gasteiger partial charge < -0.3 is 15.5 Å². The number of benzene rings is 3. The first-order valence-electron chi connectivity index (χ1n) is 10.0. The topological polar surface area (TPSA) is 69.6 Å². The van der Waals surface area contributed by atoms with Gasteiger partial charge in [-0.25, -0.2) is 0 Å². The zero-order valence-corrected chi connectivity index (χ0v) is 16.9. The predicted octanol–water partition coefficient (Wildman–Crippen LogP) is 6.06. The Labute approximate surface area is 171 Å². The lowest BCUT2D eigenvalue weighted by Crippen LogP contribution is -2.15. The van der Waals surface area contributed by atoms with Crippen molar-refractivity contribution in [3.63, 3.8) is 0 Å². The summed E-state index contributed by atoms with van der Waals surface area (Å²) < 4.78 is 0. The molecule has 0 saturated heterocycles. The fourth-order valence-electron chi connectivity index (χ4n) is 3.52. The monoisotopic (exact) mass is 389 g/mol. The van der Waals surface area contributed by atoms with Crippen LogP contribution in [0.1, 0.15) is 47.7 Å². The highest BCUT2D eigenvalue weighted by Crippen LogP contribution is 2.42. The number of aryl methyl sites for hydroxylation is 2. The number of carbonyl (C=O) groups excluding carboxylic acids is 1. The second-order valence-electron chi connectivity index (χ2n) is 7.30. The molecule has 0 aliphatic rings. The lowest BCUT2D eigenvalue weighted by molar-refractivity contribution is 0.102. The van der Waals surface area contributed by atoms with Crippen LogP contribution in [0.15, 0.2) is 60.7 Å². The Morgan fingerprint density at radius 1 is 0.966 bits per heavy atom. The lowest BCUT2D eigenvalue weighted by Gasteiger charge is -2.17. The molecule has 0 heterocycles. The van der Waals surface area contributed by atoms with Crippen LogP contribution in [0.3, 0.4) is 0 Å². The van der Waals surface area contributed by atoms with Crippen LogP contribution in [0.2, 0.25) is 0 Å². The molecule has 0 fully saturated rings. The van der Waals surface area contributed by atoms with Crippen LogP contribution in [0.4, 0.5) is 5.69 Å². The van der Waals surface area contributed by atoms with Crippen molar-refractivity contribution in [3.8, 4) is 22.6 Å². The molecule has 4 nitrogen and oxygen atoms in total. The first kappa shape index (κ1) is 20.5. The minimum absolute atomic E-state index is 0.0177. The zero-order valence-electron chi connectivity index (χ0n) is 16.9. The largest absolute Gasteiger partial charge is 0.507 e. The van der Waals surface area contributed by atoms with Gasteiger partial charge in [0.25, 0.3) is 5.91 Å². The summed E-state index contributed by atoms with van der Waals surface area (Å²) in [6, 6.07) is 18.3. The zero-order chi connectivity index (χ0) is 20.8. The molecule has 3 aromatic rings. The third-order valence-corrected chi connectivity index (χ3v) is 4.98. The summed E-state index contributed by atoms with van der Waals surface area (Å²) in [6.07, 6.45) is 3.55. The molecule has 150 valence electrons. The number of nitrogens with one attached hydrogen (secondary N) is 1. The van der Waals surface area contributed by atoms with E-state index in [2.05, 4.69) is 12.2 Å². The Morgan fingerprint density at radius 2 is 1.72 bits per heavy atom.